The summed E-state index contributed by atoms with van der Waals surface area (Å²) in [7, 11) is 0. The number of hydrogen-bond acceptors (Lipinski definition) is 2. The minimum absolute atomic E-state index is 0.321. The molecule has 0 heterocycles. The summed E-state index contributed by atoms with van der Waals surface area (Å²) in [5.41, 5.74) is 1.00. The molecule has 0 aromatic heterocycles. The molecule has 0 bridgehead atoms. The molecule has 0 saturated heterocycles. The first kappa shape index (κ1) is 11.5. The third-order valence-corrected chi connectivity index (χ3v) is 1.58. The highest BCUT2D eigenvalue weighted by Crippen LogP contribution is 2.05. The molecule has 0 atom stereocenters. The average molecular weight is 181 g/mol. The molecule has 0 aromatic rings. The molecule has 0 spiro atoms. The number of carbonyl (C=O) groups is 1. The number of allylic oxidation sites excluding steroid dienone is 1. The van der Waals surface area contributed by atoms with Gasteiger partial charge in [-0.3, -0.25) is 0 Å². The summed E-state index contributed by atoms with van der Waals surface area (Å²) in [6.45, 7) is 9.23. The van der Waals surface area contributed by atoms with Gasteiger partial charge in [-0.2, -0.15) is 0 Å². The molecule has 0 aliphatic carbocycles. The highest BCUT2D eigenvalue weighted by Gasteiger charge is 2.06. The van der Waals surface area contributed by atoms with Crippen LogP contribution in [0.15, 0.2) is 36.6 Å². The second-order valence-electron chi connectivity index (χ2n) is 2.57. The van der Waals surface area contributed by atoms with E-state index in [1.54, 1.807) is 19.1 Å². The van der Waals surface area contributed by atoms with Gasteiger partial charge >= 0.3 is 5.97 Å². The first-order valence-electron chi connectivity index (χ1n) is 4.02. The van der Waals surface area contributed by atoms with E-state index in [2.05, 4.69) is 18.5 Å². The van der Waals surface area contributed by atoms with Gasteiger partial charge in [-0.15, -0.1) is 13.2 Å². The monoisotopic (exact) mass is 181 g/mol. The zero-order valence-electron chi connectivity index (χ0n) is 7.84. The maximum atomic E-state index is 10.6. The van der Waals surface area contributed by atoms with Gasteiger partial charge in [0.1, 0.15) is 0 Å². The Kier molecular flexibility index (Phi) is 5.35. The summed E-state index contributed by atoms with van der Waals surface area (Å²) in [4.78, 5) is 10.6. The molecule has 2 N–H and O–H groups in total. The molecule has 0 fully saturated rings. The normalized spacial score (nSPS) is 11.5. The molecule has 0 aliphatic rings. The molecule has 3 heteroatoms. The van der Waals surface area contributed by atoms with Gasteiger partial charge in [0, 0.05) is 18.7 Å². The summed E-state index contributed by atoms with van der Waals surface area (Å²) in [6, 6.07) is 0. The summed E-state index contributed by atoms with van der Waals surface area (Å²) < 4.78 is 0. The Morgan fingerprint density at radius 2 is 2.08 bits per heavy atom. The van der Waals surface area contributed by atoms with Gasteiger partial charge in [0.2, 0.25) is 0 Å². The van der Waals surface area contributed by atoms with E-state index in [0.29, 0.717) is 24.2 Å². The SMILES string of the molecule is C=CCNC(CC=C)=C(C)C(=O)O. The van der Waals surface area contributed by atoms with Gasteiger partial charge in [0.05, 0.1) is 5.57 Å². The van der Waals surface area contributed by atoms with E-state index in [9.17, 15) is 4.79 Å². The molecule has 72 valence electrons. The molecule has 0 aromatic carbocycles. The van der Waals surface area contributed by atoms with Crippen molar-refractivity contribution in [3.63, 3.8) is 0 Å². The Hall–Kier alpha value is -1.51. The van der Waals surface area contributed by atoms with Crippen LogP contribution in [0.25, 0.3) is 0 Å². The number of rotatable bonds is 6. The third-order valence-electron chi connectivity index (χ3n) is 1.58. The minimum Gasteiger partial charge on any atom is -0.478 e. The van der Waals surface area contributed by atoms with E-state index in [-0.39, 0.29) is 0 Å². The maximum absolute atomic E-state index is 10.6. The lowest BCUT2D eigenvalue weighted by Gasteiger charge is -2.08. The molecule has 3 nitrogen and oxygen atoms in total. The second-order valence-corrected chi connectivity index (χ2v) is 2.57. The Balaban J connectivity index is 4.54. The standard InChI is InChI=1S/C10H15NO2/c1-4-6-9(11-7-5-2)8(3)10(12)13/h4-5,11H,1-2,6-7H2,3H3,(H,12,13). The lowest BCUT2D eigenvalue weighted by molar-refractivity contribution is -0.132. The fourth-order valence-electron chi connectivity index (χ4n) is 0.827. The van der Waals surface area contributed by atoms with Gasteiger partial charge in [-0.1, -0.05) is 12.2 Å². The van der Waals surface area contributed by atoms with Crippen LogP contribution in [0.2, 0.25) is 0 Å². The number of hydrogen-bond donors (Lipinski definition) is 2. The van der Waals surface area contributed by atoms with Crippen LogP contribution < -0.4 is 5.32 Å². The van der Waals surface area contributed by atoms with Gasteiger partial charge in [0.15, 0.2) is 0 Å². The van der Waals surface area contributed by atoms with Crippen molar-refractivity contribution in [2.75, 3.05) is 6.54 Å². The van der Waals surface area contributed by atoms with Crippen molar-refractivity contribution < 1.29 is 9.90 Å². The highest BCUT2D eigenvalue weighted by atomic mass is 16.4. The minimum atomic E-state index is -0.909. The molecule has 0 aliphatic heterocycles. The van der Waals surface area contributed by atoms with Crippen molar-refractivity contribution in [1.29, 1.82) is 0 Å². The van der Waals surface area contributed by atoms with E-state index in [0.717, 1.165) is 0 Å². The molecule has 13 heavy (non-hydrogen) atoms. The lowest BCUT2D eigenvalue weighted by Crippen LogP contribution is -2.17. The van der Waals surface area contributed by atoms with Crippen LogP contribution in [0.5, 0.6) is 0 Å². The topological polar surface area (TPSA) is 49.3 Å². The van der Waals surface area contributed by atoms with Crippen molar-refractivity contribution in [3.05, 3.63) is 36.6 Å². The first-order chi connectivity index (χ1) is 6.13. The Labute approximate surface area is 78.5 Å². The largest absolute Gasteiger partial charge is 0.478 e. The summed E-state index contributed by atoms with van der Waals surface area (Å²) in [6.07, 6.45) is 3.88. The first-order valence-corrected chi connectivity index (χ1v) is 4.02. The third kappa shape index (κ3) is 4.15. The van der Waals surface area contributed by atoms with Crippen molar-refractivity contribution in [2.24, 2.45) is 0 Å². The average Bonchev–Trinajstić information content (AvgIpc) is 2.11. The van der Waals surface area contributed by atoms with Crippen molar-refractivity contribution >= 4 is 5.97 Å². The predicted molar refractivity (Wildman–Crippen MR) is 53.3 cm³/mol. The van der Waals surface area contributed by atoms with Crippen molar-refractivity contribution in [1.82, 2.24) is 5.32 Å². The Bertz CT molecular complexity index is 241. The van der Waals surface area contributed by atoms with Crippen molar-refractivity contribution in [2.45, 2.75) is 13.3 Å². The smallest absolute Gasteiger partial charge is 0.333 e. The van der Waals surface area contributed by atoms with Crippen LogP contribution >= 0.6 is 0 Å². The van der Waals surface area contributed by atoms with Crippen LogP contribution in [0.3, 0.4) is 0 Å². The summed E-state index contributed by atoms with van der Waals surface area (Å²) in [5, 5.41) is 11.7. The van der Waals surface area contributed by atoms with Crippen LogP contribution in [-0.2, 0) is 4.79 Å². The molecular weight excluding hydrogens is 166 g/mol. The van der Waals surface area contributed by atoms with Gasteiger partial charge in [-0.05, 0) is 6.92 Å². The zero-order chi connectivity index (χ0) is 10.3. The van der Waals surface area contributed by atoms with Crippen LogP contribution in [0.1, 0.15) is 13.3 Å². The molecule has 0 rings (SSSR count). The van der Waals surface area contributed by atoms with Crippen LogP contribution in [-0.4, -0.2) is 17.6 Å². The molecular formula is C10H15NO2. The van der Waals surface area contributed by atoms with E-state index < -0.39 is 5.97 Å². The fourth-order valence-corrected chi connectivity index (χ4v) is 0.827. The predicted octanol–water partition coefficient (Wildman–Crippen LogP) is 1.70. The van der Waals surface area contributed by atoms with Gasteiger partial charge in [0.25, 0.3) is 0 Å². The Morgan fingerprint density at radius 1 is 1.46 bits per heavy atom. The summed E-state index contributed by atoms with van der Waals surface area (Å²) in [5.74, 6) is -0.909. The number of nitrogens with one attached hydrogen (secondary N) is 1. The number of aliphatic carboxylic acids is 1. The van der Waals surface area contributed by atoms with Gasteiger partial charge in [-0.25, -0.2) is 4.79 Å². The summed E-state index contributed by atoms with van der Waals surface area (Å²) >= 11 is 0. The highest BCUT2D eigenvalue weighted by molar-refractivity contribution is 5.86. The van der Waals surface area contributed by atoms with E-state index in [1.807, 2.05) is 0 Å². The second kappa shape index (κ2) is 6.06. The van der Waals surface area contributed by atoms with E-state index in [4.69, 9.17) is 5.11 Å². The van der Waals surface area contributed by atoms with Crippen molar-refractivity contribution in [3.8, 4) is 0 Å². The van der Waals surface area contributed by atoms with Crippen LogP contribution in [0.4, 0.5) is 0 Å². The van der Waals surface area contributed by atoms with Crippen LogP contribution in [0, 0.1) is 0 Å². The molecule has 0 amide bonds. The fraction of sp³-hybridized carbons (Fsp3) is 0.300. The molecule has 0 unspecified atom stereocenters. The number of carboxylic acids is 1. The molecule has 0 saturated carbocycles. The van der Waals surface area contributed by atoms with E-state index in [1.165, 1.54) is 0 Å². The number of carboxylic acid groups (broad SMARTS) is 1. The maximum Gasteiger partial charge on any atom is 0.333 e. The lowest BCUT2D eigenvalue weighted by atomic mass is 10.2. The quantitative estimate of drug-likeness (QED) is 0.484. The van der Waals surface area contributed by atoms with E-state index >= 15 is 0 Å². The molecule has 0 radical (unpaired) electrons. The Morgan fingerprint density at radius 3 is 2.46 bits per heavy atom. The zero-order valence-corrected chi connectivity index (χ0v) is 7.84. The van der Waals surface area contributed by atoms with Gasteiger partial charge < -0.3 is 10.4 Å².